The molecule has 0 spiro atoms. The van der Waals surface area contributed by atoms with Crippen molar-refractivity contribution >= 4 is 21.9 Å². The zero-order valence-electron chi connectivity index (χ0n) is 10.2. The van der Waals surface area contributed by atoms with E-state index in [9.17, 15) is 0 Å². The van der Waals surface area contributed by atoms with E-state index in [1.54, 1.807) is 0 Å². The molecule has 0 saturated heterocycles. The summed E-state index contributed by atoms with van der Waals surface area (Å²) in [7, 11) is 4.02. The quantitative estimate of drug-likeness (QED) is 0.872. The average Bonchev–Trinajstić information content (AvgIpc) is 2.58. The molecule has 0 bridgehead atoms. The molecule has 0 N–H and O–H groups in total. The largest absolute Gasteiger partial charge is 0.352 e. The SMILES string of the molecule is Cc1cnc(N(C)Cc2cc(Br)cn2C)nc1. The first kappa shape index (κ1) is 12.1. The number of anilines is 1. The number of rotatable bonds is 3. The van der Waals surface area contributed by atoms with E-state index >= 15 is 0 Å². The van der Waals surface area contributed by atoms with E-state index in [-0.39, 0.29) is 0 Å². The molecule has 0 atom stereocenters. The van der Waals surface area contributed by atoms with Gasteiger partial charge in [0.2, 0.25) is 5.95 Å². The minimum absolute atomic E-state index is 0.743. The molecule has 17 heavy (non-hydrogen) atoms. The molecule has 0 aliphatic carbocycles. The zero-order valence-corrected chi connectivity index (χ0v) is 11.8. The van der Waals surface area contributed by atoms with Gasteiger partial charge in [-0.25, -0.2) is 9.97 Å². The normalized spacial score (nSPS) is 10.6. The summed E-state index contributed by atoms with van der Waals surface area (Å²) >= 11 is 3.47. The van der Waals surface area contributed by atoms with Crippen LogP contribution in [0.25, 0.3) is 0 Å². The minimum atomic E-state index is 0.743. The fourth-order valence-corrected chi connectivity index (χ4v) is 2.19. The Morgan fingerprint density at radius 3 is 2.53 bits per heavy atom. The molecule has 0 aromatic carbocycles. The molecule has 0 amide bonds. The summed E-state index contributed by atoms with van der Waals surface area (Å²) in [5, 5.41) is 0. The van der Waals surface area contributed by atoms with Gasteiger partial charge < -0.3 is 9.47 Å². The Morgan fingerprint density at radius 2 is 2.00 bits per heavy atom. The number of nitrogens with zero attached hydrogens (tertiary/aromatic N) is 4. The highest BCUT2D eigenvalue weighted by Gasteiger charge is 2.08. The van der Waals surface area contributed by atoms with E-state index in [1.165, 1.54) is 5.69 Å². The maximum atomic E-state index is 4.30. The minimum Gasteiger partial charge on any atom is -0.352 e. The molecule has 90 valence electrons. The monoisotopic (exact) mass is 294 g/mol. The molecule has 0 radical (unpaired) electrons. The number of aromatic nitrogens is 3. The van der Waals surface area contributed by atoms with Crippen molar-refractivity contribution in [3.05, 3.63) is 40.4 Å². The second-order valence-corrected chi connectivity index (χ2v) is 5.09. The highest BCUT2D eigenvalue weighted by atomic mass is 79.9. The Morgan fingerprint density at radius 1 is 1.35 bits per heavy atom. The third kappa shape index (κ3) is 2.85. The molecule has 2 rings (SSSR count). The summed E-state index contributed by atoms with van der Waals surface area (Å²) in [4.78, 5) is 10.6. The molecule has 0 aliphatic rings. The smallest absolute Gasteiger partial charge is 0.225 e. The van der Waals surface area contributed by atoms with Gasteiger partial charge >= 0.3 is 0 Å². The highest BCUT2D eigenvalue weighted by molar-refractivity contribution is 9.10. The topological polar surface area (TPSA) is 34.0 Å². The third-order valence-electron chi connectivity index (χ3n) is 2.58. The fraction of sp³-hybridized carbons (Fsp3) is 0.333. The Kier molecular flexibility index (Phi) is 3.47. The average molecular weight is 295 g/mol. The van der Waals surface area contributed by atoms with E-state index in [4.69, 9.17) is 0 Å². The Bertz CT molecular complexity index is 504. The lowest BCUT2D eigenvalue weighted by Crippen LogP contribution is -2.20. The molecular formula is C12H15BrN4. The first-order valence-corrected chi connectivity index (χ1v) is 6.16. The number of halogens is 1. The third-order valence-corrected chi connectivity index (χ3v) is 3.02. The molecule has 0 unspecified atom stereocenters. The predicted molar refractivity (Wildman–Crippen MR) is 72.0 cm³/mol. The van der Waals surface area contributed by atoms with Gasteiger partial charge in [-0.05, 0) is 34.5 Å². The van der Waals surface area contributed by atoms with Crippen LogP contribution in [0.3, 0.4) is 0 Å². The van der Waals surface area contributed by atoms with Crippen LogP contribution in [0.1, 0.15) is 11.3 Å². The summed E-state index contributed by atoms with van der Waals surface area (Å²) in [5.41, 5.74) is 2.28. The van der Waals surface area contributed by atoms with Crippen molar-refractivity contribution in [1.82, 2.24) is 14.5 Å². The number of hydrogen-bond acceptors (Lipinski definition) is 3. The van der Waals surface area contributed by atoms with Crippen molar-refractivity contribution in [2.75, 3.05) is 11.9 Å². The molecule has 5 heteroatoms. The van der Waals surface area contributed by atoms with Crippen molar-refractivity contribution in [3.63, 3.8) is 0 Å². The van der Waals surface area contributed by atoms with Gasteiger partial charge in [-0.1, -0.05) is 0 Å². The van der Waals surface area contributed by atoms with Crippen LogP contribution >= 0.6 is 15.9 Å². The standard InChI is InChI=1S/C12H15BrN4/c1-9-5-14-12(15-6-9)17(3)8-11-4-10(13)7-16(11)2/h4-7H,8H2,1-3H3. The van der Waals surface area contributed by atoms with E-state index in [0.717, 1.165) is 22.5 Å². The first-order chi connectivity index (χ1) is 8.06. The lowest BCUT2D eigenvalue weighted by atomic mass is 10.4. The van der Waals surface area contributed by atoms with Crippen LogP contribution in [0.4, 0.5) is 5.95 Å². The van der Waals surface area contributed by atoms with Gasteiger partial charge in [0.05, 0.1) is 6.54 Å². The van der Waals surface area contributed by atoms with Crippen LogP contribution in [0.5, 0.6) is 0 Å². The highest BCUT2D eigenvalue weighted by Crippen LogP contribution is 2.16. The molecule has 4 nitrogen and oxygen atoms in total. The molecule has 2 aromatic rings. The lowest BCUT2D eigenvalue weighted by molar-refractivity contribution is 0.772. The van der Waals surface area contributed by atoms with Crippen molar-refractivity contribution in [1.29, 1.82) is 0 Å². The van der Waals surface area contributed by atoms with Crippen LogP contribution in [-0.4, -0.2) is 21.6 Å². The van der Waals surface area contributed by atoms with Crippen LogP contribution in [0.2, 0.25) is 0 Å². The van der Waals surface area contributed by atoms with E-state index < -0.39 is 0 Å². The number of aryl methyl sites for hydroxylation is 2. The molecule has 2 aromatic heterocycles. The molecular weight excluding hydrogens is 280 g/mol. The van der Waals surface area contributed by atoms with Gasteiger partial charge in [-0.2, -0.15) is 0 Å². The van der Waals surface area contributed by atoms with Crippen LogP contribution in [0, 0.1) is 6.92 Å². The van der Waals surface area contributed by atoms with Crippen molar-refractivity contribution < 1.29 is 0 Å². The van der Waals surface area contributed by atoms with Gasteiger partial charge in [-0.15, -0.1) is 0 Å². The Hall–Kier alpha value is -1.36. The second-order valence-electron chi connectivity index (χ2n) is 4.18. The van der Waals surface area contributed by atoms with Crippen LogP contribution in [-0.2, 0) is 13.6 Å². The van der Waals surface area contributed by atoms with Gasteiger partial charge in [0.1, 0.15) is 0 Å². The maximum Gasteiger partial charge on any atom is 0.225 e. The summed E-state index contributed by atoms with van der Waals surface area (Å²) in [5.74, 6) is 0.743. The lowest BCUT2D eigenvalue weighted by Gasteiger charge is -2.17. The summed E-state index contributed by atoms with van der Waals surface area (Å²) < 4.78 is 3.18. The molecule has 0 fully saturated rings. The van der Waals surface area contributed by atoms with Gasteiger partial charge in [0.25, 0.3) is 0 Å². The van der Waals surface area contributed by atoms with E-state index in [2.05, 4.69) is 36.5 Å². The fourth-order valence-electron chi connectivity index (χ4n) is 1.62. The first-order valence-electron chi connectivity index (χ1n) is 5.37. The van der Waals surface area contributed by atoms with Gasteiger partial charge in [0.15, 0.2) is 0 Å². The Labute approximate surface area is 109 Å². The van der Waals surface area contributed by atoms with E-state index in [0.29, 0.717) is 0 Å². The van der Waals surface area contributed by atoms with Crippen LogP contribution < -0.4 is 4.90 Å². The summed E-state index contributed by atoms with van der Waals surface area (Å²) in [6.45, 7) is 2.77. The van der Waals surface area contributed by atoms with Crippen molar-refractivity contribution in [2.45, 2.75) is 13.5 Å². The predicted octanol–water partition coefficient (Wildman–Crippen LogP) is 2.52. The summed E-state index contributed by atoms with van der Waals surface area (Å²) in [6.07, 6.45) is 5.71. The van der Waals surface area contributed by atoms with Gasteiger partial charge in [-0.3, -0.25) is 0 Å². The molecule has 2 heterocycles. The second kappa shape index (κ2) is 4.87. The van der Waals surface area contributed by atoms with Gasteiger partial charge in [0, 0.05) is 42.9 Å². The molecule has 0 saturated carbocycles. The van der Waals surface area contributed by atoms with Crippen molar-refractivity contribution in [3.8, 4) is 0 Å². The maximum absolute atomic E-state index is 4.30. The van der Waals surface area contributed by atoms with E-state index in [1.807, 2.05) is 44.5 Å². The summed E-state index contributed by atoms with van der Waals surface area (Å²) in [6, 6.07) is 2.10. The zero-order chi connectivity index (χ0) is 12.4. The number of hydrogen-bond donors (Lipinski definition) is 0. The Balaban J connectivity index is 2.13. The van der Waals surface area contributed by atoms with Crippen molar-refractivity contribution in [2.24, 2.45) is 7.05 Å². The van der Waals surface area contributed by atoms with Crippen LogP contribution in [0.15, 0.2) is 29.1 Å². The molecule has 0 aliphatic heterocycles.